The maximum atomic E-state index is 13.7. The zero-order valence-electron chi connectivity index (χ0n) is 10.7. The molecule has 0 aliphatic rings. The first-order chi connectivity index (χ1) is 9.43. The number of aromatic nitrogens is 1. The molecule has 0 aliphatic heterocycles. The summed E-state index contributed by atoms with van der Waals surface area (Å²) in [5.41, 5.74) is -0.679. The van der Waals surface area contributed by atoms with Crippen molar-refractivity contribution in [3.63, 3.8) is 0 Å². The molecule has 1 heterocycles. The summed E-state index contributed by atoms with van der Waals surface area (Å²) in [5, 5.41) is 0. The minimum Gasteiger partial charge on any atom is -0.461 e. The van der Waals surface area contributed by atoms with Crippen LogP contribution in [-0.2, 0) is 4.74 Å². The number of oxazole rings is 1. The first-order valence-corrected chi connectivity index (χ1v) is 5.73. The van der Waals surface area contributed by atoms with E-state index < -0.39 is 29.0 Å². The lowest BCUT2D eigenvalue weighted by Gasteiger charge is -2.03. The molecule has 0 bridgehead atoms. The summed E-state index contributed by atoms with van der Waals surface area (Å²) in [6, 6.07) is 0.977. The topological polar surface area (TPSA) is 52.3 Å². The summed E-state index contributed by atoms with van der Waals surface area (Å²) >= 11 is 0. The molecular formula is C13H10F3NO3. The highest BCUT2D eigenvalue weighted by atomic mass is 19.2. The maximum absolute atomic E-state index is 13.7. The van der Waals surface area contributed by atoms with Crippen molar-refractivity contribution >= 4 is 5.97 Å². The monoisotopic (exact) mass is 285 g/mol. The first kappa shape index (κ1) is 14.1. The third-order valence-corrected chi connectivity index (χ3v) is 2.46. The molecule has 1 aromatic carbocycles. The zero-order valence-corrected chi connectivity index (χ0v) is 10.7. The first-order valence-electron chi connectivity index (χ1n) is 5.73. The van der Waals surface area contributed by atoms with Crippen LogP contribution in [0.25, 0.3) is 11.3 Å². The Bertz CT molecular complexity index is 667. The van der Waals surface area contributed by atoms with E-state index in [0.29, 0.717) is 12.1 Å². The third-order valence-electron chi connectivity index (χ3n) is 2.46. The molecule has 0 radical (unpaired) electrons. The largest absolute Gasteiger partial charge is 0.461 e. The van der Waals surface area contributed by atoms with E-state index >= 15 is 0 Å². The Labute approximate surface area is 112 Å². The number of hydrogen-bond donors (Lipinski definition) is 0. The molecule has 0 amide bonds. The van der Waals surface area contributed by atoms with Crippen molar-refractivity contribution in [2.24, 2.45) is 0 Å². The summed E-state index contributed by atoms with van der Waals surface area (Å²) in [6.07, 6.45) is 0. The standard InChI is InChI=1S/C13H10F3NO3/c1-3-19-13(18)11-12(20-6(2)17-11)7-4-9(15)10(16)5-8(7)14/h4-5H,3H2,1-2H3. The van der Waals surface area contributed by atoms with Crippen molar-refractivity contribution in [1.82, 2.24) is 4.98 Å². The minimum atomic E-state index is -1.33. The predicted octanol–water partition coefficient (Wildman–Crippen LogP) is 3.24. The second kappa shape index (κ2) is 5.36. The number of carbonyl (C=O) groups excluding carboxylic acids is 1. The number of hydrogen-bond acceptors (Lipinski definition) is 4. The van der Waals surface area contributed by atoms with Crippen molar-refractivity contribution < 1.29 is 27.1 Å². The van der Waals surface area contributed by atoms with E-state index in [1.807, 2.05) is 0 Å². The van der Waals surface area contributed by atoms with Gasteiger partial charge in [-0.05, 0) is 13.0 Å². The van der Waals surface area contributed by atoms with E-state index in [0.717, 1.165) is 0 Å². The Hall–Kier alpha value is -2.31. The number of rotatable bonds is 3. The Kier molecular flexibility index (Phi) is 3.78. The van der Waals surface area contributed by atoms with Gasteiger partial charge in [-0.3, -0.25) is 0 Å². The van der Waals surface area contributed by atoms with Crippen LogP contribution >= 0.6 is 0 Å². The molecule has 0 N–H and O–H groups in total. The van der Waals surface area contributed by atoms with Crippen molar-refractivity contribution in [1.29, 1.82) is 0 Å². The average Bonchev–Trinajstić information content (AvgIpc) is 2.76. The minimum absolute atomic E-state index is 0.0761. The Morgan fingerprint density at radius 3 is 2.55 bits per heavy atom. The zero-order chi connectivity index (χ0) is 14.9. The van der Waals surface area contributed by atoms with Gasteiger partial charge in [0.05, 0.1) is 12.2 Å². The van der Waals surface area contributed by atoms with E-state index in [9.17, 15) is 18.0 Å². The Morgan fingerprint density at radius 2 is 1.90 bits per heavy atom. The van der Waals surface area contributed by atoms with Crippen LogP contribution < -0.4 is 0 Å². The van der Waals surface area contributed by atoms with Crippen molar-refractivity contribution in [3.8, 4) is 11.3 Å². The number of carbonyl (C=O) groups is 1. The lowest BCUT2D eigenvalue weighted by molar-refractivity contribution is 0.0520. The molecule has 0 spiro atoms. The second-order valence-corrected chi connectivity index (χ2v) is 3.88. The van der Waals surface area contributed by atoms with E-state index in [1.165, 1.54) is 6.92 Å². The SMILES string of the molecule is CCOC(=O)c1nc(C)oc1-c1cc(F)c(F)cc1F. The molecule has 0 aliphatic carbocycles. The van der Waals surface area contributed by atoms with Crippen molar-refractivity contribution in [2.45, 2.75) is 13.8 Å². The average molecular weight is 285 g/mol. The fraction of sp³-hybridized carbons (Fsp3) is 0.231. The molecule has 7 heteroatoms. The number of esters is 1. The molecule has 0 atom stereocenters. The van der Waals surface area contributed by atoms with Crippen LogP contribution in [0.4, 0.5) is 13.2 Å². The number of benzene rings is 1. The summed E-state index contributed by atoms with van der Waals surface area (Å²) in [7, 11) is 0. The van der Waals surface area contributed by atoms with Crippen LogP contribution in [0.1, 0.15) is 23.3 Å². The van der Waals surface area contributed by atoms with Crippen LogP contribution in [0.2, 0.25) is 0 Å². The highest BCUT2D eigenvalue weighted by Gasteiger charge is 2.24. The van der Waals surface area contributed by atoms with Crippen molar-refractivity contribution in [3.05, 3.63) is 41.2 Å². The van der Waals surface area contributed by atoms with Crippen LogP contribution in [0.3, 0.4) is 0 Å². The van der Waals surface area contributed by atoms with Gasteiger partial charge < -0.3 is 9.15 Å². The van der Waals surface area contributed by atoms with Gasteiger partial charge in [0.2, 0.25) is 0 Å². The molecular weight excluding hydrogens is 275 g/mol. The molecule has 20 heavy (non-hydrogen) atoms. The van der Waals surface area contributed by atoms with Gasteiger partial charge in [0, 0.05) is 13.0 Å². The molecule has 0 saturated carbocycles. The van der Waals surface area contributed by atoms with E-state index in [1.54, 1.807) is 6.92 Å². The molecule has 2 aromatic rings. The van der Waals surface area contributed by atoms with Gasteiger partial charge in [0.15, 0.2) is 29.0 Å². The summed E-state index contributed by atoms with van der Waals surface area (Å²) in [4.78, 5) is 15.5. The number of aryl methyl sites for hydroxylation is 1. The molecule has 4 nitrogen and oxygen atoms in total. The number of nitrogens with zero attached hydrogens (tertiary/aromatic N) is 1. The summed E-state index contributed by atoms with van der Waals surface area (Å²) in [5.74, 6) is -4.70. The molecule has 106 valence electrons. The Morgan fingerprint density at radius 1 is 1.25 bits per heavy atom. The van der Waals surface area contributed by atoms with Gasteiger partial charge in [0.1, 0.15) is 5.82 Å². The Balaban J connectivity index is 2.58. The molecule has 2 rings (SSSR count). The summed E-state index contributed by atoms with van der Waals surface area (Å²) < 4.78 is 49.7. The predicted molar refractivity (Wildman–Crippen MR) is 62.5 cm³/mol. The number of ether oxygens (including phenoxy) is 1. The second-order valence-electron chi connectivity index (χ2n) is 3.88. The van der Waals surface area contributed by atoms with Crippen LogP contribution in [0, 0.1) is 24.4 Å². The third kappa shape index (κ3) is 2.52. The van der Waals surface area contributed by atoms with Gasteiger partial charge >= 0.3 is 5.97 Å². The molecule has 1 aromatic heterocycles. The van der Waals surface area contributed by atoms with Gasteiger partial charge in [-0.2, -0.15) is 0 Å². The smallest absolute Gasteiger partial charge is 0.360 e. The van der Waals surface area contributed by atoms with Crippen LogP contribution in [-0.4, -0.2) is 17.6 Å². The van der Waals surface area contributed by atoms with Crippen LogP contribution in [0.15, 0.2) is 16.5 Å². The van der Waals surface area contributed by atoms with Gasteiger partial charge in [-0.25, -0.2) is 22.9 Å². The van der Waals surface area contributed by atoms with E-state index in [-0.39, 0.29) is 24.0 Å². The fourth-order valence-electron chi connectivity index (χ4n) is 1.64. The van der Waals surface area contributed by atoms with E-state index in [4.69, 9.17) is 9.15 Å². The quantitative estimate of drug-likeness (QED) is 0.641. The van der Waals surface area contributed by atoms with Crippen LogP contribution in [0.5, 0.6) is 0 Å². The fourth-order valence-corrected chi connectivity index (χ4v) is 1.64. The number of halogens is 3. The maximum Gasteiger partial charge on any atom is 0.360 e. The van der Waals surface area contributed by atoms with Crippen molar-refractivity contribution in [2.75, 3.05) is 6.61 Å². The highest BCUT2D eigenvalue weighted by molar-refractivity contribution is 5.93. The van der Waals surface area contributed by atoms with Gasteiger partial charge in [-0.1, -0.05) is 0 Å². The molecule has 0 fully saturated rings. The molecule has 0 saturated heterocycles. The van der Waals surface area contributed by atoms with Gasteiger partial charge in [-0.15, -0.1) is 0 Å². The van der Waals surface area contributed by atoms with E-state index in [2.05, 4.69) is 4.98 Å². The highest BCUT2D eigenvalue weighted by Crippen LogP contribution is 2.29. The normalized spacial score (nSPS) is 10.7. The lowest BCUT2D eigenvalue weighted by atomic mass is 10.1. The summed E-state index contributed by atoms with van der Waals surface area (Å²) in [6.45, 7) is 3.11. The lowest BCUT2D eigenvalue weighted by Crippen LogP contribution is -2.07. The van der Waals surface area contributed by atoms with Gasteiger partial charge in [0.25, 0.3) is 0 Å². The molecule has 0 unspecified atom stereocenters.